The number of hydrogen-bond donors (Lipinski definition) is 1. The molecule has 0 amide bonds. The molecular weight excluding hydrogens is 190 g/mol. The first-order chi connectivity index (χ1) is 7.33. The van der Waals surface area contributed by atoms with Gasteiger partial charge in [0.2, 0.25) is 0 Å². The van der Waals surface area contributed by atoms with Crippen LogP contribution in [0, 0.1) is 0 Å². The molecule has 2 rings (SSSR count). The molecule has 82 valence electrons. The number of hydrogen-bond acceptors (Lipinski definition) is 3. The van der Waals surface area contributed by atoms with Crippen molar-refractivity contribution in [1.82, 2.24) is 14.9 Å². The Hall–Kier alpha value is -1.13. The third-order valence-electron chi connectivity index (χ3n) is 2.73. The first kappa shape index (κ1) is 10.4. The zero-order valence-electron chi connectivity index (χ0n) is 9.02. The molecule has 15 heavy (non-hydrogen) atoms. The van der Waals surface area contributed by atoms with Crippen LogP contribution in [0.2, 0.25) is 0 Å². The van der Waals surface area contributed by atoms with Crippen molar-refractivity contribution >= 4 is 0 Å². The van der Waals surface area contributed by atoms with Gasteiger partial charge in [0.25, 0.3) is 0 Å². The van der Waals surface area contributed by atoms with Crippen LogP contribution >= 0.6 is 0 Å². The third-order valence-corrected chi connectivity index (χ3v) is 2.73. The fraction of sp³-hybridized carbons (Fsp3) is 0.545. The van der Waals surface area contributed by atoms with E-state index in [0.717, 1.165) is 25.4 Å². The highest BCUT2D eigenvalue weighted by Gasteiger charge is 2.20. The zero-order valence-corrected chi connectivity index (χ0v) is 9.02. The van der Waals surface area contributed by atoms with Crippen molar-refractivity contribution in [3.8, 4) is 0 Å². The standard InChI is InChI=1S/C11H17N3O/c1-3-9(2)14-8-13-6-10(14)11-7-12-4-5-15-11/h3,6,8-9,11-12H,1,4-5,7H2,2H3. The quantitative estimate of drug-likeness (QED) is 0.759. The SMILES string of the molecule is C=CC(C)n1cncc1C1CNCCO1. The van der Waals surface area contributed by atoms with Gasteiger partial charge >= 0.3 is 0 Å². The second kappa shape index (κ2) is 4.59. The predicted molar refractivity (Wildman–Crippen MR) is 58.7 cm³/mol. The average Bonchev–Trinajstić information content (AvgIpc) is 2.78. The number of morpholine rings is 1. The first-order valence-electron chi connectivity index (χ1n) is 5.29. The highest BCUT2D eigenvalue weighted by Crippen LogP contribution is 2.21. The molecule has 0 bridgehead atoms. The molecule has 1 saturated heterocycles. The summed E-state index contributed by atoms with van der Waals surface area (Å²) in [5, 5.41) is 3.32. The molecule has 1 aliphatic heterocycles. The molecule has 0 saturated carbocycles. The van der Waals surface area contributed by atoms with Gasteiger partial charge in [0.05, 0.1) is 24.8 Å². The lowest BCUT2D eigenvalue weighted by Gasteiger charge is -2.25. The second-order valence-corrected chi connectivity index (χ2v) is 3.77. The zero-order chi connectivity index (χ0) is 10.7. The van der Waals surface area contributed by atoms with Crippen LogP contribution in [0.4, 0.5) is 0 Å². The lowest BCUT2D eigenvalue weighted by molar-refractivity contribution is 0.0225. The highest BCUT2D eigenvalue weighted by molar-refractivity contribution is 5.07. The van der Waals surface area contributed by atoms with E-state index in [1.54, 1.807) is 0 Å². The molecule has 0 spiro atoms. The molecule has 1 N–H and O–H groups in total. The van der Waals surface area contributed by atoms with E-state index in [1.165, 1.54) is 0 Å². The van der Waals surface area contributed by atoms with Crippen molar-refractivity contribution in [1.29, 1.82) is 0 Å². The lowest BCUT2D eigenvalue weighted by atomic mass is 10.2. The van der Waals surface area contributed by atoms with E-state index in [1.807, 2.05) is 18.6 Å². The van der Waals surface area contributed by atoms with Gasteiger partial charge in [-0.05, 0) is 6.92 Å². The number of imidazole rings is 1. The van der Waals surface area contributed by atoms with Crippen LogP contribution in [0.15, 0.2) is 25.2 Å². The minimum Gasteiger partial charge on any atom is -0.369 e. The van der Waals surface area contributed by atoms with Crippen LogP contribution in [0.3, 0.4) is 0 Å². The summed E-state index contributed by atoms with van der Waals surface area (Å²) in [5.41, 5.74) is 1.12. The summed E-state index contributed by atoms with van der Waals surface area (Å²) in [6, 6.07) is 0.257. The summed E-state index contributed by atoms with van der Waals surface area (Å²) < 4.78 is 7.80. The number of nitrogens with zero attached hydrogens (tertiary/aromatic N) is 2. The largest absolute Gasteiger partial charge is 0.369 e. The van der Waals surface area contributed by atoms with Gasteiger partial charge in [-0.25, -0.2) is 4.98 Å². The number of ether oxygens (including phenoxy) is 1. The van der Waals surface area contributed by atoms with Crippen LogP contribution < -0.4 is 5.32 Å². The fourth-order valence-corrected chi connectivity index (χ4v) is 1.77. The van der Waals surface area contributed by atoms with Gasteiger partial charge in [0.1, 0.15) is 6.10 Å². The van der Waals surface area contributed by atoms with E-state index >= 15 is 0 Å². The van der Waals surface area contributed by atoms with E-state index in [0.29, 0.717) is 0 Å². The van der Waals surface area contributed by atoms with Gasteiger partial charge in [0, 0.05) is 19.1 Å². The van der Waals surface area contributed by atoms with Crippen molar-refractivity contribution in [2.24, 2.45) is 0 Å². The Morgan fingerprint density at radius 1 is 1.80 bits per heavy atom. The van der Waals surface area contributed by atoms with Gasteiger partial charge < -0.3 is 14.6 Å². The Kier molecular flexibility index (Phi) is 3.18. The minimum atomic E-state index is 0.114. The molecule has 1 aliphatic rings. The fourth-order valence-electron chi connectivity index (χ4n) is 1.77. The summed E-state index contributed by atoms with van der Waals surface area (Å²) in [6.45, 7) is 8.44. The van der Waals surface area contributed by atoms with Crippen molar-refractivity contribution in [3.05, 3.63) is 30.9 Å². The van der Waals surface area contributed by atoms with Crippen molar-refractivity contribution < 1.29 is 4.74 Å². The molecule has 1 fully saturated rings. The molecule has 2 heterocycles. The van der Waals surface area contributed by atoms with E-state index < -0.39 is 0 Å². The Morgan fingerprint density at radius 3 is 3.33 bits per heavy atom. The topological polar surface area (TPSA) is 39.1 Å². The summed E-state index contributed by atoms with van der Waals surface area (Å²) in [4.78, 5) is 4.17. The van der Waals surface area contributed by atoms with E-state index in [4.69, 9.17) is 4.74 Å². The monoisotopic (exact) mass is 207 g/mol. The van der Waals surface area contributed by atoms with Crippen molar-refractivity contribution in [3.63, 3.8) is 0 Å². The van der Waals surface area contributed by atoms with Gasteiger partial charge in [-0.1, -0.05) is 6.08 Å². The van der Waals surface area contributed by atoms with Crippen LogP contribution in [0.1, 0.15) is 24.8 Å². The smallest absolute Gasteiger partial charge is 0.111 e. The van der Waals surface area contributed by atoms with E-state index in [9.17, 15) is 0 Å². The number of aromatic nitrogens is 2. The molecule has 2 unspecified atom stereocenters. The average molecular weight is 207 g/mol. The maximum Gasteiger partial charge on any atom is 0.111 e. The molecule has 4 heteroatoms. The molecule has 0 aliphatic carbocycles. The maximum absolute atomic E-state index is 5.70. The molecular formula is C11H17N3O. The highest BCUT2D eigenvalue weighted by atomic mass is 16.5. The Bertz CT molecular complexity index is 328. The molecule has 0 radical (unpaired) electrons. The number of allylic oxidation sites excluding steroid dienone is 1. The number of nitrogens with one attached hydrogen (secondary N) is 1. The molecule has 4 nitrogen and oxygen atoms in total. The van der Waals surface area contributed by atoms with Crippen LogP contribution in [-0.2, 0) is 4.74 Å². The van der Waals surface area contributed by atoms with Crippen LogP contribution in [-0.4, -0.2) is 29.2 Å². The predicted octanol–water partition coefficient (Wildman–Crippen LogP) is 1.29. The third kappa shape index (κ3) is 2.11. The Balaban J connectivity index is 2.19. The molecule has 2 atom stereocenters. The summed E-state index contributed by atoms with van der Waals surface area (Å²) in [5.74, 6) is 0. The van der Waals surface area contributed by atoms with Gasteiger partial charge in [-0.15, -0.1) is 6.58 Å². The maximum atomic E-state index is 5.70. The number of rotatable bonds is 3. The Morgan fingerprint density at radius 2 is 2.67 bits per heavy atom. The lowest BCUT2D eigenvalue weighted by Crippen LogP contribution is -2.34. The van der Waals surface area contributed by atoms with E-state index in [2.05, 4.69) is 28.4 Å². The van der Waals surface area contributed by atoms with Crippen molar-refractivity contribution in [2.45, 2.75) is 19.1 Å². The normalized spacial score (nSPS) is 23.7. The van der Waals surface area contributed by atoms with Gasteiger partial charge in [-0.2, -0.15) is 0 Å². The summed E-state index contributed by atoms with van der Waals surface area (Å²) in [6.07, 6.45) is 5.72. The van der Waals surface area contributed by atoms with Crippen molar-refractivity contribution in [2.75, 3.05) is 19.7 Å². The molecule has 0 aromatic carbocycles. The van der Waals surface area contributed by atoms with Gasteiger partial charge in [0.15, 0.2) is 0 Å². The van der Waals surface area contributed by atoms with Crippen LogP contribution in [0.5, 0.6) is 0 Å². The van der Waals surface area contributed by atoms with Gasteiger partial charge in [-0.3, -0.25) is 0 Å². The summed E-state index contributed by atoms with van der Waals surface area (Å²) in [7, 11) is 0. The summed E-state index contributed by atoms with van der Waals surface area (Å²) >= 11 is 0. The molecule has 1 aromatic rings. The van der Waals surface area contributed by atoms with Crippen LogP contribution in [0.25, 0.3) is 0 Å². The Labute approximate surface area is 90.0 Å². The second-order valence-electron chi connectivity index (χ2n) is 3.77. The first-order valence-corrected chi connectivity index (χ1v) is 5.29. The molecule has 1 aromatic heterocycles. The van der Waals surface area contributed by atoms with E-state index in [-0.39, 0.29) is 12.1 Å². The minimum absolute atomic E-state index is 0.114.